The van der Waals surface area contributed by atoms with Crippen LogP contribution in [0.2, 0.25) is 0 Å². The van der Waals surface area contributed by atoms with Gasteiger partial charge in [-0.05, 0) is 40.6 Å². The van der Waals surface area contributed by atoms with Gasteiger partial charge in [0.25, 0.3) is 5.91 Å². The molecule has 3 aromatic rings. The summed E-state index contributed by atoms with van der Waals surface area (Å²) in [6, 6.07) is 18.0. The Morgan fingerprint density at radius 3 is 2.13 bits per heavy atom. The topological polar surface area (TPSA) is 75.7 Å². The summed E-state index contributed by atoms with van der Waals surface area (Å²) >= 11 is 0. The molecule has 1 N–H and O–H groups in total. The number of hydrogen-bond donors (Lipinski definition) is 1. The summed E-state index contributed by atoms with van der Waals surface area (Å²) in [5.74, 6) is 0.254. The maximum atomic E-state index is 12.7. The molecule has 3 aromatic carbocycles. The smallest absolute Gasteiger partial charge is 0.255 e. The molecule has 1 amide bonds. The molecule has 158 valence electrons. The van der Waals surface area contributed by atoms with Gasteiger partial charge < -0.3 is 10.1 Å². The molecule has 0 heterocycles. The van der Waals surface area contributed by atoms with Crippen molar-refractivity contribution in [2.75, 3.05) is 20.2 Å². The summed E-state index contributed by atoms with van der Waals surface area (Å²) < 4.78 is 32.0. The molecule has 0 saturated carbocycles. The van der Waals surface area contributed by atoms with Crippen molar-refractivity contribution in [2.45, 2.75) is 25.3 Å². The van der Waals surface area contributed by atoms with Crippen LogP contribution in [0.15, 0.2) is 65.6 Å². The Morgan fingerprint density at radius 1 is 0.967 bits per heavy atom. The number of nitrogens with one attached hydrogen (secondary N) is 1. The molecule has 0 aliphatic rings. The molecular formula is C23H26N2O4S. The second-order valence-electron chi connectivity index (χ2n) is 6.82. The first-order chi connectivity index (χ1) is 14.4. The number of ether oxygens (including phenoxy) is 1. The highest BCUT2D eigenvalue weighted by Crippen LogP contribution is 2.26. The van der Waals surface area contributed by atoms with E-state index in [1.54, 1.807) is 24.3 Å². The number of fused-ring (bicyclic) bond motifs is 1. The normalized spacial score (nSPS) is 11.6. The van der Waals surface area contributed by atoms with Gasteiger partial charge in [0.2, 0.25) is 10.0 Å². The lowest BCUT2D eigenvalue weighted by Crippen LogP contribution is -2.30. The largest absolute Gasteiger partial charge is 0.496 e. The van der Waals surface area contributed by atoms with Gasteiger partial charge in [-0.3, -0.25) is 4.79 Å². The molecule has 30 heavy (non-hydrogen) atoms. The van der Waals surface area contributed by atoms with Crippen LogP contribution in [0, 0.1) is 0 Å². The van der Waals surface area contributed by atoms with Crippen LogP contribution in [-0.4, -0.2) is 38.8 Å². The van der Waals surface area contributed by atoms with E-state index in [2.05, 4.69) is 5.32 Å². The molecule has 7 heteroatoms. The van der Waals surface area contributed by atoms with Gasteiger partial charge >= 0.3 is 0 Å². The predicted octanol–water partition coefficient (Wildman–Crippen LogP) is 3.81. The predicted molar refractivity (Wildman–Crippen MR) is 118 cm³/mol. The number of benzene rings is 3. The Labute approximate surface area is 177 Å². The first-order valence-electron chi connectivity index (χ1n) is 9.84. The Bertz CT molecular complexity index is 1140. The van der Waals surface area contributed by atoms with E-state index in [0.29, 0.717) is 24.4 Å². The molecule has 6 nitrogen and oxygen atoms in total. The number of hydrogen-bond acceptors (Lipinski definition) is 4. The van der Waals surface area contributed by atoms with Crippen LogP contribution in [-0.2, 0) is 16.6 Å². The average molecular weight is 427 g/mol. The van der Waals surface area contributed by atoms with Gasteiger partial charge in [0, 0.05) is 19.6 Å². The SMILES string of the molecule is CCN(CC)S(=O)(=O)c1ccc(CNC(=O)c2cc3ccccc3cc2OC)cc1. The molecule has 0 fully saturated rings. The van der Waals surface area contributed by atoms with Crippen molar-refractivity contribution in [1.29, 1.82) is 0 Å². The molecule has 0 aliphatic carbocycles. The second kappa shape index (κ2) is 9.28. The van der Waals surface area contributed by atoms with Crippen LogP contribution in [0.4, 0.5) is 0 Å². The Morgan fingerprint density at radius 2 is 1.57 bits per heavy atom. The molecular weight excluding hydrogens is 400 g/mol. The maximum Gasteiger partial charge on any atom is 0.255 e. The lowest BCUT2D eigenvalue weighted by Gasteiger charge is -2.18. The molecule has 0 spiro atoms. The molecule has 0 saturated heterocycles. The van der Waals surface area contributed by atoms with Gasteiger partial charge in [0.1, 0.15) is 5.75 Å². The van der Waals surface area contributed by atoms with Crippen molar-refractivity contribution in [1.82, 2.24) is 9.62 Å². The summed E-state index contributed by atoms with van der Waals surface area (Å²) in [5, 5.41) is 4.83. The lowest BCUT2D eigenvalue weighted by molar-refractivity contribution is 0.0948. The summed E-state index contributed by atoms with van der Waals surface area (Å²) in [6.07, 6.45) is 0. The van der Waals surface area contributed by atoms with Gasteiger partial charge in [-0.2, -0.15) is 4.31 Å². The second-order valence-corrected chi connectivity index (χ2v) is 8.75. The molecule has 0 unspecified atom stereocenters. The summed E-state index contributed by atoms with van der Waals surface area (Å²) in [6.45, 7) is 4.74. The standard InChI is InChI=1S/C23H26N2O4S/c1-4-25(5-2)30(27,28)20-12-10-17(11-13-20)16-24-23(26)21-14-18-8-6-7-9-19(18)15-22(21)29-3/h6-15H,4-5,16H2,1-3H3,(H,24,26). The number of nitrogens with zero attached hydrogens (tertiary/aromatic N) is 1. The highest BCUT2D eigenvalue weighted by molar-refractivity contribution is 7.89. The van der Waals surface area contributed by atoms with Crippen LogP contribution in [0.25, 0.3) is 10.8 Å². The van der Waals surface area contributed by atoms with Crippen LogP contribution < -0.4 is 10.1 Å². The van der Waals surface area contributed by atoms with Gasteiger partial charge in [-0.15, -0.1) is 0 Å². The summed E-state index contributed by atoms with van der Waals surface area (Å²) in [4.78, 5) is 13.0. The van der Waals surface area contributed by atoms with Crippen LogP contribution in [0.5, 0.6) is 5.75 Å². The number of carbonyl (C=O) groups is 1. The molecule has 0 aromatic heterocycles. The van der Waals surface area contributed by atoms with E-state index in [1.807, 2.05) is 50.2 Å². The quantitative estimate of drug-likeness (QED) is 0.594. The fourth-order valence-electron chi connectivity index (χ4n) is 3.34. The number of sulfonamides is 1. The van der Waals surface area contributed by atoms with Crippen LogP contribution in [0.1, 0.15) is 29.8 Å². The number of methoxy groups -OCH3 is 1. The molecule has 0 atom stereocenters. The minimum absolute atomic E-state index is 0.248. The number of carbonyl (C=O) groups excluding carboxylic acids is 1. The fourth-order valence-corrected chi connectivity index (χ4v) is 4.79. The zero-order valence-corrected chi connectivity index (χ0v) is 18.2. The van der Waals surface area contributed by atoms with Crippen LogP contribution in [0.3, 0.4) is 0 Å². The number of rotatable bonds is 8. The van der Waals surface area contributed by atoms with Gasteiger partial charge in [-0.1, -0.05) is 50.2 Å². The summed E-state index contributed by atoms with van der Waals surface area (Å²) in [5.41, 5.74) is 1.26. The molecule has 0 radical (unpaired) electrons. The van der Waals surface area contributed by atoms with E-state index < -0.39 is 10.0 Å². The van der Waals surface area contributed by atoms with E-state index in [4.69, 9.17) is 4.74 Å². The van der Waals surface area contributed by atoms with Crippen molar-refractivity contribution in [3.05, 3.63) is 71.8 Å². The van der Waals surface area contributed by atoms with Crippen molar-refractivity contribution in [3.63, 3.8) is 0 Å². The van der Waals surface area contributed by atoms with Gasteiger partial charge in [0.05, 0.1) is 17.6 Å². The van der Waals surface area contributed by atoms with Crippen molar-refractivity contribution < 1.29 is 17.9 Å². The fraction of sp³-hybridized carbons (Fsp3) is 0.261. The highest BCUT2D eigenvalue weighted by atomic mass is 32.2. The van der Waals surface area contributed by atoms with E-state index in [0.717, 1.165) is 16.3 Å². The van der Waals surface area contributed by atoms with Crippen LogP contribution >= 0.6 is 0 Å². The average Bonchev–Trinajstić information content (AvgIpc) is 2.77. The highest BCUT2D eigenvalue weighted by Gasteiger charge is 2.21. The Hall–Kier alpha value is -2.90. The Kier molecular flexibility index (Phi) is 6.74. The monoisotopic (exact) mass is 426 g/mol. The van der Waals surface area contributed by atoms with Gasteiger partial charge in [-0.25, -0.2) is 8.42 Å². The third kappa shape index (κ3) is 4.47. The number of amides is 1. The minimum atomic E-state index is -3.49. The van der Waals surface area contributed by atoms with E-state index >= 15 is 0 Å². The third-order valence-electron chi connectivity index (χ3n) is 5.03. The minimum Gasteiger partial charge on any atom is -0.496 e. The van der Waals surface area contributed by atoms with Crippen molar-refractivity contribution in [2.24, 2.45) is 0 Å². The van der Waals surface area contributed by atoms with E-state index in [1.165, 1.54) is 11.4 Å². The molecule has 0 aliphatic heterocycles. The first kappa shape index (κ1) is 21.8. The zero-order chi connectivity index (χ0) is 21.7. The van der Waals surface area contributed by atoms with Crippen molar-refractivity contribution >= 4 is 26.7 Å². The molecule has 3 rings (SSSR count). The van der Waals surface area contributed by atoms with E-state index in [9.17, 15) is 13.2 Å². The molecule has 0 bridgehead atoms. The third-order valence-corrected chi connectivity index (χ3v) is 7.10. The zero-order valence-electron chi connectivity index (χ0n) is 17.4. The van der Waals surface area contributed by atoms with E-state index in [-0.39, 0.29) is 17.3 Å². The lowest BCUT2D eigenvalue weighted by atomic mass is 10.1. The van der Waals surface area contributed by atoms with Gasteiger partial charge in [0.15, 0.2) is 0 Å². The maximum absolute atomic E-state index is 12.7. The summed E-state index contributed by atoms with van der Waals surface area (Å²) in [7, 11) is -1.95. The first-order valence-corrected chi connectivity index (χ1v) is 11.3. The Balaban J connectivity index is 1.74. The van der Waals surface area contributed by atoms with Crippen molar-refractivity contribution in [3.8, 4) is 5.75 Å².